The van der Waals surface area contributed by atoms with Gasteiger partial charge in [0.2, 0.25) is 0 Å². The van der Waals surface area contributed by atoms with Crippen LogP contribution in [0.3, 0.4) is 0 Å². The van der Waals surface area contributed by atoms with Crippen molar-refractivity contribution in [2.24, 2.45) is 0 Å². The third-order valence-electron chi connectivity index (χ3n) is 4.34. The molecule has 1 fully saturated rings. The number of carbonyl (C=O) groups excluding carboxylic acids is 1. The van der Waals surface area contributed by atoms with E-state index in [-0.39, 0.29) is 11.5 Å². The molecule has 2 aromatic rings. The Balaban J connectivity index is 1.62. The highest BCUT2D eigenvalue weighted by Crippen LogP contribution is 2.16. The monoisotopic (exact) mass is 408 g/mol. The molecule has 2 aromatic carbocycles. The summed E-state index contributed by atoms with van der Waals surface area (Å²) in [7, 11) is 0. The van der Waals surface area contributed by atoms with E-state index in [1.54, 1.807) is 4.90 Å². The summed E-state index contributed by atoms with van der Waals surface area (Å²) in [6.07, 6.45) is 0.851. The van der Waals surface area contributed by atoms with Gasteiger partial charge in [0.15, 0.2) is 11.6 Å². The first kappa shape index (κ1) is 18.0. The summed E-state index contributed by atoms with van der Waals surface area (Å²) in [5.41, 5.74) is 1.41. The van der Waals surface area contributed by atoms with E-state index in [1.165, 1.54) is 11.6 Å². The molecule has 3 nitrogen and oxygen atoms in total. The van der Waals surface area contributed by atoms with Crippen LogP contribution in [0.4, 0.5) is 8.78 Å². The third kappa shape index (κ3) is 4.64. The quantitative estimate of drug-likeness (QED) is 0.763. The number of nitrogens with zero attached hydrogens (tertiary/aromatic N) is 2. The Labute approximate surface area is 154 Å². The smallest absolute Gasteiger partial charge is 0.254 e. The van der Waals surface area contributed by atoms with Crippen LogP contribution in [-0.4, -0.2) is 41.9 Å². The summed E-state index contributed by atoms with van der Waals surface area (Å²) in [5.74, 6) is -2.17. The fourth-order valence-corrected chi connectivity index (χ4v) is 3.48. The Morgan fingerprint density at radius 2 is 1.84 bits per heavy atom. The number of amides is 1. The molecular weight excluding hydrogens is 390 g/mol. The van der Waals surface area contributed by atoms with Gasteiger partial charge in [-0.05, 0) is 42.3 Å². The van der Waals surface area contributed by atoms with Gasteiger partial charge in [0.1, 0.15) is 0 Å². The molecule has 1 aliphatic heterocycles. The van der Waals surface area contributed by atoms with E-state index in [1.807, 2.05) is 12.1 Å². The second-order valence-electron chi connectivity index (χ2n) is 6.18. The molecule has 0 atom stereocenters. The minimum Gasteiger partial charge on any atom is -0.337 e. The van der Waals surface area contributed by atoms with Crippen LogP contribution < -0.4 is 0 Å². The van der Waals surface area contributed by atoms with E-state index in [4.69, 9.17) is 0 Å². The van der Waals surface area contributed by atoms with Crippen LogP contribution in [0, 0.1) is 11.6 Å². The van der Waals surface area contributed by atoms with Crippen LogP contribution in [-0.2, 0) is 6.54 Å². The van der Waals surface area contributed by atoms with Crippen LogP contribution in [0.5, 0.6) is 0 Å². The molecule has 1 saturated heterocycles. The van der Waals surface area contributed by atoms with Crippen molar-refractivity contribution in [3.8, 4) is 0 Å². The van der Waals surface area contributed by atoms with Gasteiger partial charge in [0.05, 0.1) is 0 Å². The number of halogens is 3. The van der Waals surface area contributed by atoms with Crippen LogP contribution >= 0.6 is 15.9 Å². The van der Waals surface area contributed by atoms with E-state index in [2.05, 4.69) is 33.0 Å². The van der Waals surface area contributed by atoms with Gasteiger partial charge in [0.25, 0.3) is 5.91 Å². The summed E-state index contributed by atoms with van der Waals surface area (Å²) < 4.78 is 27.5. The summed E-state index contributed by atoms with van der Waals surface area (Å²) in [6, 6.07) is 11.5. The molecule has 1 amide bonds. The Kier molecular flexibility index (Phi) is 5.81. The Bertz CT molecular complexity index is 769. The van der Waals surface area contributed by atoms with Crippen molar-refractivity contribution in [3.05, 3.63) is 69.7 Å². The topological polar surface area (TPSA) is 23.6 Å². The van der Waals surface area contributed by atoms with E-state index in [0.29, 0.717) is 13.1 Å². The molecule has 1 heterocycles. The van der Waals surface area contributed by atoms with Gasteiger partial charge in [-0.1, -0.05) is 28.1 Å². The number of rotatable bonds is 3. The SMILES string of the molecule is O=C(c1ccc(F)c(F)c1)N1CCCN(Cc2cccc(Br)c2)CC1. The highest BCUT2D eigenvalue weighted by atomic mass is 79.9. The maximum atomic E-state index is 13.4. The first-order valence-electron chi connectivity index (χ1n) is 8.24. The highest BCUT2D eigenvalue weighted by molar-refractivity contribution is 9.10. The number of hydrogen-bond donors (Lipinski definition) is 0. The molecule has 0 saturated carbocycles. The molecule has 132 valence electrons. The molecular formula is C19H19BrF2N2O. The molecule has 0 bridgehead atoms. The van der Waals surface area contributed by atoms with Crippen LogP contribution in [0.15, 0.2) is 46.9 Å². The maximum Gasteiger partial charge on any atom is 0.254 e. The van der Waals surface area contributed by atoms with Crippen LogP contribution in [0.2, 0.25) is 0 Å². The zero-order chi connectivity index (χ0) is 17.8. The minimum absolute atomic E-state index is 0.194. The predicted molar refractivity (Wildman–Crippen MR) is 96.3 cm³/mol. The zero-order valence-corrected chi connectivity index (χ0v) is 15.3. The second kappa shape index (κ2) is 8.06. The lowest BCUT2D eigenvalue weighted by atomic mass is 10.2. The van der Waals surface area contributed by atoms with Crippen molar-refractivity contribution in [1.82, 2.24) is 9.80 Å². The lowest BCUT2D eigenvalue weighted by Crippen LogP contribution is -2.35. The molecule has 0 unspecified atom stereocenters. The summed E-state index contributed by atoms with van der Waals surface area (Å²) >= 11 is 3.48. The molecule has 0 spiro atoms. The zero-order valence-electron chi connectivity index (χ0n) is 13.7. The van der Waals surface area contributed by atoms with Crippen molar-refractivity contribution in [1.29, 1.82) is 0 Å². The summed E-state index contributed by atoms with van der Waals surface area (Å²) in [4.78, 5) is 16.6. The minimum atomic E-state index is -0.989. The number of hydrogen-bond acceptors (Lipinski definition) is 2. The first-order valence-corrected chi connectivity index (χ1v) is 9.03. The first-order chi connectivity index (χ1) is 12.0. The third-order valence-corrected chi connectivity index (χ3v) is 4.83. The molecule has 3 rings (SSSR count). The van der Waals surface area contributed by atoms with E-state index >= 15 is 0 Å². The Morgan fingerprint density at radius 1 is 1.00 bits per heavy atom. The average Bonchev–Trinajstić information content (AvgIpc) is 2.82. The Hall–Kier alpha value is -1.79. The van der Waals surface area contributed by atoms with Crippen molar-refractivity contribution in [3.63, 3.8) is 0 Å². The standard InChI is InChI=1S/C19H19BrF2N2O/c20-16-4-1-3-14(11-16)13-23-7-2-8-24(10-9-23)19(25)15-5-6-17(21)18(22)12-15/h1,3-6,11-12H,2,7-10,13H2. The van der Waals surface area contributed by atoms with Gasteiger partial charge in [-0.25, -0.2) is 8.78 Å². The number of carbonyl (C=O) groups is 1. The lowest BCUT2D eigenvalue weighted by Gasteiger charge is -2.22. The fourth-order valence-electron chi connectivity index (χ4n) is 3.04. The number of benzene rings is 2. The molecule has 0 aromatic heterocycles. The normalized spacial score (nSPS) is 15.9. The molecule has 25 heavy (non-hydrogen) atoms. The second-order valence-corrected chi connectivity index (χ2v) is 7.10. The predicted octanol–water partition coefficient (Wildman–Crippen LogP) is 4.08. The molecule has 6 heteroatoms. The summed E-state index contributed by atoms with van der Waals surface area (Å²) in [5, 5.41) is 0. The van der Waals surface area contributed by atoms with Crippen molar-refractivity contribution in [2.45, 2.75) is 13.0 Å². The van der Waals surface area contributed by atoms with E-state index in [0.717, 1.165) is 42.7 Å². The van der Waals surface area contributed by atoms with Crippen molar-refractivity contribution < 1.29 is 13.6 Å². The van der Waals surface area contributed by atoms with E-state index < -0.39 is 11.6 Å². The lowest BCUT2D eigenvalue weighted by molar-refractivity contribution is 0.0760. The summed E-state index contributed by atoms with van der Waals surface area (Å²) in [6.45, 7) is 3.67. The molecule has 0 N–H and O–H groups in total. The largest absolute Gasteiger partial charge is 0.337 e. The average molecular weight is 409 g/mol. The molecule has 0 aliphatic carbocycles. The van der Waals surface area contributed by atoms with Gasteiger partial charge in [-0.3, -0.25) is 9.69 Å². The molecule has 1 aliphatic rings. The van der Waals surface area contributed by atoms with Crippen molar-refractivity contribution in [2.75, 3.05) is 26.2 Å². The van der Waals surface area contributed by atoms with Gasteiger partial charge < -0.3 is 4.90 Å². The maximum absolute atomic E-state index is 13.4. The van der Waals surface area contributed by atoms with Gasteiger partial charge in [0, 0.05) is 42.8 Å². The van der Waals surface area contributed by atoms with Gasteiger partial charge in [-0.15, -0.1) is 0 Å². The highest BCUT2D eigenvalue weighted by Gasteiger charge is 2.21. The van der Waals surface area contributed by atoms with Gasteiger partial charge in [-0.2, -0.15) is 0 Å². The van der Waals surface area contributed by atoms with Crippen LogP contribution in [0.1, 0.15) is 22.3 Å². The van der Waals surface area contributed by atoms with Gasteiger partial charge >= 0.3 is 0 Å². The molecule has 0 radical (unpaired) electrons. The fraction of sp³-hybridized carbons (Fsp3) is 0.316. The van der Waals surface area contributed by atoms with E-state index in [9.17, 15) is 13.6 Å². The van der Waals surface area contributed by atoms with Crippen LogP contribution in [0.25, 0.3) is 0 Å². The Morgan fingerprint density at radius 3 is 2.60 bits per heavy atom. The van der Waals surface area contributed by atoms with Crippen molar-refractivity contribution >= 4 is 21.8 Å².